The molecule has 1 fully saturated rings. The van der Waals surface area contributed by atoms with E-state index in [1.165, 1.54) is 31.2 Å². The molecule has 2 heteroatoms. The van der Waals surface area contributed by atoms with Crippen molar-refractivity contribution >= 4 is 0 Å². The first-order valence-electron chi connectivity index (χ1n) is 7.25. The Bertz CT molecular complexity index is 325. The van der Waals surface area contributed by atoms with Gasteiger partial charge in [-0.05, 0) is 51.1 Å². The van der Waals surface area contributed by atoms with Crippen molar-refractivity contribution < 1.29 is 4.74 Å². The lowest BCUT2D eigenvalue weighted by Gasteiger charge is -2.29. The van der Waals surface area contributed by atoms with Gasteiger partial charge in [0.2, 0.25) is 0 Å². The van der Waals surface area contributed by atoms with Crippen LogP contribution >= 0.6 is 0 Å². The molecule has 1 aromatic rings. The van der Waals surface area contributed by atoms with Gasteiger partial charge in [-0.1, -0.05) is 30.3 Å². The molecule has 1 N–H and O–H groups in total. The molecule has 0 saturated carbocycles. The van der Waals surface area contributed by atoms with Crippen molar-refractivity contribution in [1.82, 2.24) is 5.32 Å². The number of unbranched alkanes of at least 4 members (excludes halogenated alkanes) is 1. The molecule has 2 rings (SSSR count). The van der Waals surface area contributed by atoms with Crippen molar-refractivity contribution in [2.24, 2.45) is 0 Å². The molecule has 0 radical (unpaired) electrons. The van der Waals surface area contributed by atoms with Crippen LogP contribution in [0.3, 0.4) is 0 Å². The number of rotatable bonds is 6. The van der Waals surface area contributed by atoms with Crippen molar-refractivity contribution in [2.75, 3.05) is 13.2 Å². The van der Waals surface area contributed by atoms with Gasteiger partial charge in [-0.15, -0.1) is 0 Å². The van der Waals surface area contributed by atoms with Gasteiger partial charge in [0.05, 0.1) is 6.10 Å². The largest absolute Gasteiger partial charge is 0.377 e. The molecule has 2 nitrogen and oxygen atoms in total. The minimum Gasteiger partial charge on any atom is -0.377 e. The molecule has 1 saturated heterocycles. The third-order valence-electron chi connectivity index (χ3n) is 3.72. The standard InChI is InChI=1S/C16H25NO/c1-14-16(11-7-12-17-14)18-13-6-5-10-15-8-3-2-4-9-15/h2-4,8-9,14,16-17H,5-7,10-13H2,1H3. The lowest BCUT2D eigenvalue weighted by Crippen LogP contribution is -2.44. The Morgan fingerprint density at radius 2 is 2.06 bits per heavy atom. The molecule has 0 spiro atoms. The zero-order valence-corrected chi connectivity index (χ0v) is 11.4. The molecule has 0 aliphatic carbocycles. The molecule has 100 valence electrons. The van der Waals surface area contributed by atoms with E-state index in [4.69, 9.17) is 4.74 Å². The predicted molar refractivity (Wildman–Crippen MR) is 75.8 cm³/mol. The fourth-order valence-corrected chi connectivity index (χ4v) is 2.55. The van der Waals surface area contributed by atoms with Crippen molar-refractivity contribution in [1.29, 1.82) is 0 Å². The van der Waals surface area contributed by atoms with Crippen LogP contribution in [0.1, 0.15) is 38.2 Å². The molecule has 2 atom stereocenters. The lowest BCUT2D eigenvalue weighted by atomic mass is 10.0. The van der Waals surface area contributed by atoms with E-state index < -0.39 is 0 Å². The van der Waals surface area contributed by atoms with Crippen LogP contribution in [-0.2, 0) is 11.2 Å². The van der Waals surface area contributed by atoms with Crippen molar-refractivity contribution in [3.63, 3.8) is 0 Å². The van der Waals surface area contributed by atoms with Gasteiger partial charge in [-0.25, -0.2) is 0 Å². The minimum absolute atomic E-state index is 0.426. The summed E-state index contributed by atoms with van der Waals surface area (Å²) in [5.74, 6) is 0. The van der Waals surface area contributed by atoms with E-state index in [-0.39, 0.29) is 0 Å². The van der Waals surface area contributed by atoms with Gasteiger partial charge in [0, 0.05) is 12.6 Å². The third kappa shape index (κ3) is 4.43. The van der Waals surface area contributed by atoms with E-state index in [1.807, 2.05) is 0 Å². The predicted octanol–water partition coefficient (Wildman–Crippen LogP) is 3.17. The summed E-state index contributed by atoms with van der Waals surface area (Å²) in [5, 5.41) is 3.47. The number of nitrogens with one attached hydrogen (secondary N) is 1. The third-order valence-corrected chi connectivity index (χ3v) is 3.72. The highest BCUT2D eigenvalue weighted by molar-refractivity contribution is 5.14. The number of benzene rings is 1. The highest BCUT2D eigenvalue weighted by Crippen LogP contribution is 2.13. The maximum Gasteiger partial charge on any atom is 0.0725 e. The van der Waals surface area contributed by atoms with E-state index >= 15 is 0 Å². The van der Waals surface area contributed by atoms with Gasteiger partial charge in [0.15, 0.2) is 0 Å². The van der Waals surface area contributed by atoms with Gasteiger partial charge >= 0.3 is 0 Å². The fraction of sp³-hybridized carbons (Fsp3) is 0.625. The molecule has 1 aromatic carbocycles. The van der Waals surface area contributed by atoms with Crippen LogP contribution in [0.25, 0.3) is 0 Å². The Hall–Kier alpha value is -0.860. The first kappa shape index (κ1) is 13.6. The molecule has 18 heavy (non-hydrogen) atoms. The Labute approximate surface area is 111 Å². The molecule has 1 heterocycles. The second kappa shape index (κ2) is 7.55. The normalized spacial score (nSPS) is 24.1. The molecule has 1 aliphatic rings. The van der Waals surface area contributed by atoms with Crippen LogP contribution in [-0.4, -0.2) is 25.3 Å². The second-order valence-corrected chi connectivity index (χ2v) is 5.24. The van der Waals surface area contributed by atoms with Gasteiger partial charge in [-0.2, -0.15) is 0 Å². The second-order valence-electron chi connectivity index (χ2n) is 5.24. The van der Waals surface area contributed by atoms with E-state index in [1.54, 1.807) is 0 Å². The monoisotopic (exact) mass is 247 g/mol. The minimum atomic E-state index is 0.426. The molecule has 0 aromatic heterocycles. The molecule has 2 unspecified atom stereocenters. The van der Waals surface area contributed by atoms with Gasteiger partial charge in [0.25, 0.3) is 0 Å². The van der Waals surface area contributed by atoms with Crippen LogP contribution in [0.5, 0.6) is 0 Å². The molecule has 1 aliphatic heterocycles. The number of hydrogen-bond acceptors (Lipinski definition) is 2. The van der Waals surface area contributed by atoms with E-state index in [0.717, 1.165) is 19.6 Å². The summed E-state index contributed by atoms with van der Waals surface area (Å²) in [6.07, 6.45) is 6.45. The number of ether oxygens (including phenoxy) is 1. The molecular formula is C16H25NO. The van der Waals surface area contributed by atoms with Crippen molar-refractivity contribution in [2.45, 2.75) is 51.2 Å². The van der Waals surface area contributed by atoms with Gasteiger partial charge < -0.3 is 10.1 Å². The van der Waals surface area contributed by atoms with Gasteiger partial charge in [0.1, 0.15) is 0 Å². The molecular weight excluding hydrogens is 222 g/mol. The maximum atomic E-state index is 5.97. The molecule has 0 amide bonds. The summed E-state index contributed by atoms with van der Waals surface area (Å²) in [4.78, 5) is 0. The lowest BCUT2D eigenvalue weighted by molar-refractivity contribution is 0.0110. The summed E-state index contributed by atoms with van der Waals surface area (Å²) in [6, 6.07) is 11.2. The van der Waals surface area contributed by atoms with Crippen molar-refractivity contribution in [3.8, 4) is 0 Å². The summed E-state index contributed by atoms with van der Waals surface area (Å²) in [6.45, 7) is 4.28. The fourth-order valence-electron chi connectivity index (χ4n) is 2.55. The highest BCUT2D eigenvalue weighted by atomic mass is 16.5. The Balaban J connectivity index is 1.56. The first-order chi connectivity index (χ1) is 8.86. The quantitative estimate of drug-likeness (QED) is 0.780. The summed E-state index contributed by atoms with van der Waals surface area (Å²) >= 11 is 0. The first-order valence-corrected chi connectivity index (χ1v) is 7.25. The van der Waals surface area contributed by atoms with Crippen LogP contribution in [0.2, 0.25) is 0 Å². The smallest absolute Gasteiger partial charge is 0.0725 e. The summed E-state index contributed by atoms with van der Waals surface area (Å²) < 4.78 is 5.97. The van der Waals surface area contributed by atoms with E-state index in [9.17, 15) is 0 Å². The molecule has 0 bridgehead atoms. The average Bonchev–Trinajstić information content (AvgIpc) is 2.42. The zero-order chi connectivity index (χ0) is 12.6. The number of aryl methyl sites for hydroxylation is 1. The topological polar surface area (TPSA) is 21.3 Å². The van der Waals surface area contributed by atoms with E-state index in [0.29, 0.717) is 12.1 Å². The zero-order valence-electron chi connectivity index (χ0n) is 11.4. The Kier molecular flexibility index (Phi) is 5.69. The number of piperidine rings is 1. The highest BCUT2D eigenvalue weighted by Gasteiger charge is 2.20. The van der Waals surface area contributed by atoms with Crippen LogP contribution in [0.4, 0.5) is 0 Å². The summed E-state index contributed by atoms with van der Waals surface area (Å²) in [5.41, 5.74) is 1.44. The van der Waals surface area contributed by atoms with Crippen LogP contribution in [0, 0.1) is 0 Å². The maximum absolute atomic E-state index is 5.97. The number of hydrogen-bond donors (Lipinski definition) is 1. The van der Waals surface area contributed by atoms with E-state index in [2.05, 4.69) is 42.6 Å². The summed E-state index contributed by atoms with van der Waals surface area (Å²) in [7, 11) is 0. The average molecular weight is 247 g/mol. The Morgan fingerprint density at radius 1 is 1.22 bits per heavy atom. The SMILES string of the molecule is CC1NCCCC1OCCCCc1ccccc1. The van der Waals surface area contributed by atoms with Crippen LogP contribution < -0.4 is 5.32 Å². The van der Waals surface area contributed by atoms with Crippen LogP contribution in [0.15, 0.2) is 30.3 Å². The van der Waals surface area contributed by atoms with Crippen molar-refractivity contribution in [3.05, 3.63) is 35.9 Å². The van der Waals surface area contributed by atoms with Gasteiger partial charge in [-0.3, -0.25) is 0 Å². The Morgan fingerprint density at radius 3 is 2.83 bits per heavy atom.